The number of anilines is 2. The molecule has 124 valence electrons. The van der Waals surface area contributed by atoms with Crippen LogP contribution in [-0.4, -0.2) is 28.5 Å². The molecule has 5 nitrogen and oxygen atoms in total. The fourth-order valence-electron chi connectivity index (χ4n) is 3.66. The number of rotatable bonds is 3. The van der Waals surface area contributed by atoms with Crippen LogP contribution in [-0.2, 0) is 6.42 Å². The SMILES string of the molecule is O=C(c1ccnc(NC2CCCCC2)n1)N1CCc2ccccc21. The molecule has 1 fully saturated rings. The summed E-state index contributed by atoms with van der Waals surface area (Å²) < 4.78 is 0. The van der Waals surface area contributed by atoms with E-state index >= 15 is 0 Å². The van der Waals surface area contributed by atoms with Crippen molar-refractivity contribution in [3.8, 4) is 0 Å². The second kappa shape index (κ2) is 6.59. The molecule has 1 aromatic heterocycles. The molecular formula is C19H22N4O. The van der Waals surface area contributed by atoms with E-state index in [0.717, 1.165) is 24.9 Å². The predicted octanol–water partition coefficient (Wildman–Crippen LogP) is 3.42. The van der Waals surface area contributed by atoms with E-state index in [4.69, 9.17) is 0 Å². The third-order valence-corrected chi connectivity index (χ3v) is 4.95. The first-order chi connectivity index (χ1) is 11.8. The molecule has 0 radical (unpaired) electrons. The lowest BCUT2D eigenvalue weighted by Crippen LogP contribution is -2.30. The van der Waals surface area contributed by atoms with Crippen LogP contribution in [0.1, 0.15) is 48.2 Å². The molecule has 0 saturated heterocycles. The van der Waals surface area contributed by atoms with Gasteiger partial charge in [-0.3, -0.25) is 4.79 Å². The van der Waals surface area contributed by atoms with Crippen LogP contribution in [0.4, 0.5) is 11.6 Å². The molecule has 4 rings (SSSR count). The summed E-state index contributed by atoms with van der Waals surface area (Å²) in [5.41, 5.74) is 2.68. The molecule has 2 aliphatic rings. The molecule has 1 aliphatic carbocycles. The van der Waals surface area contributed by atoms with Crippen LogP contribution >= 0.6 is 0 Å². The number of hydrogen-bond acceptors (Lipinski definition) is 4. The van der Waals surface area contributed by atoms with Gasteiger partial charge in [0.1, 0.15) is 5.69 Å². The Hall–Kier alpha value is -2.43. The second-order valence-electron chi connectivity index (χ2n) is 6.58. The van der Waals surface area contributed by atoms with Crippen LogP contribution in [0, 0.1) is 0 Å². The number of para-hydroxylation sites is 1. The number of hydrogen-bond donors (Lipinski definition) is 1. The molecule has 0 spiro atoms. The van der Waals surface area contributed by atoms with Crippen molar-refractivity contribution < 1.29 is 4.79 Å². The standard InChI is InChI=1S/C19H22N4O/c24-18(23-13-11-14-6-4-5-9-17(14)23)16-10-12-20-19(22-16)21-15-7-2-1-3-8-15/h4-6,9-10,12,15H,1-3,7-8,11,13H2,(H,20,21,22). The first-order valence-corrected chi connectivity index (χ1v) is 8.80. The van der Waals surface area contributed by atoms with Crippen LogP contribution in [0.3, 0.4) is 0 Å². The summed E-state index contributed by atoms with van der Waals surface area (Å²) in [5, 5.41) is 3.39. The number of nitrogens with zero attached hydrogens (tertiary/aromatic N) is 3. The molecule has 1 amide bonds. The van der Waals surface area contributed by atoms with E-state index in [0.29, 0.717) is 24.2 Å². The quantitative estimate of drug-likeness (QED) is 0.940. The molecule has 1 aliphatic heterocycles. The smallest absolute Gasteiger partial charge is 0.277 e. The average molecular weight is 322 g/mol. The molecular weight excluding hydrogens is 300 g/mol. The van der Waals surface area contributed by atoms with E-state index in [1.807, 2.05) is 23.1 Å². The zero-order valence-electron chi connectivity index (χ0n) is 13.7. The highest BCUT2D eigenvalue weighted by Gasteiger charge is 2.26. The number of benzene rings is 1. The number of nitrogens with one attached hydrogen (secondary N) is 1. The van der Waals surface area contributed by atoms with E-state index in [1.165, 1.54) is 24.8 Å². The molecule has 0 bridgehead atoms. The Bertz CT molecular complexity index is 740. The molecule has 0 atom stereocenters. The van der Waals surface area contributed by atoms with Crippen molar-refractivity contribution >= 4 is 17.5 Å². The lowest BCUT2D eigenvalue weighted by molar-refractivity contribution is 0.0984. The van der Waals surface area contributed by atoms with Gasteiger partial charge in [-0.05, 0) is 37.0 Å². The normalized spacial score (nSPS) is 17.6. The van der Waals surface area contributed by atoms with Gasteiger partial charge in [-0.15, -0.1) is 0 Å². The summed E-state index contributed by atoms with van der Waals surface area (Å²) in [6.07, 6.45) is 8.70. The first kappa shape index (κ1) is 15.1. The molecule has 24 heavy (non-hydrogen) atoms. The Labute approximate surface area is 142 Å². The van der Waals surface area contributed by atoms with Gasteiger partial charge in [-0.25, -0.2) is 9.97 Å². The minimum absolute atomic E-state index is 0.0472. The number of amides is 1. The van der Waals surface area contributed by atoms with Gasteiger partial charge in [0.2, 0.25) is 5.95 Å². The summed E-state index contributed by atoms with van der Waals surface area (Å²) in [7, 11) is 0. The third-order valence-electron chi connectivity index (χ3n) is 4.95. The van der Waals surface area contributed by atoms with Crippen molar-refractivity contribution in [2.75, 3.05) is 16.8 Å². The van der Waals surface area contributed by atoms with E-state index in [2.05, 4.69) is 21.4 Å². The van der Waals surface area contributed by atoms with Crippen molar-refractivity contribution in [2.24, 2.45) is 0 Å². The Morgan fingerprint density at radius 3 is 2.83 bits per heavy atom. The van der Waals surface area contributed by atoms with Gasteiger partial charge < -0.3 is 10.2 Å². The van der Waals surface area contributed by atoms with Gasteiger partial charge in [0, 0.05) is 24.5 Å². The molecule has 0 unspecified atom stereocenters. The van der Waals surface area contributed by atoms with E-state index in [9.17, 15) is 4.79 Å². The summed E-state index contributed by atoms with van der Waals surface area (Å²) in [6.45, 7) is 0.716. The maximum absolute atomic E-state index is 12.9. The van der Waals surface area contributed by atoms with Gasteiger partial charge in [-0.2, -0.15) is 0 Å². The lowest BCUT2D eigenvalue weighted by Gasteiger charge is -2.23. The minimum atomic E-state index is -0.0472. The van der Waals surface area contributed by atoms with E-state index < -0.39 is 0 Å². The Morgan fingerprint density at radius 1 is 1.12 bits per heavy atom. The van der Waals surface area contributed by atoms with Gasteiger partial charge in [0.15, 0.2) is 0 Å². The van der Waals surface area contributed by atoms with Gasteiger partial charge >= 0.3 is 0 Å². The Morgan fingerprint density at radius 2 is 1.96 bits per heavy atom. The van der Waals surface area contributed by atoms with Crippen molar-refractivity contribution in [1.29, 1.82) is 0 Å². The minimum Gasteiger partial charge on any atom is -0.351 e. The van der Waals surface area contributed by atoms with Gasteiger partial charge in [0.05, 0.1) is 0 Å². The van der Waals surface area contributed by atoms with E-state index in [-0.39, 0.29) is 5.91 Å². The summed E-state index contributed by atoms with van der Waals surface area (Å²) >= 11 is 0. The summed E-state index contributed by atoms with van der Waals surface area (Å²) in [6, 6.07) is 10.2. The topological polar surface area (TPSA) is 58.1 Å². The zero-order chi connectivity index (χ0) is 16.4. The number of carbonyl (C=O) groups is 1. The molecule has 1 N–H and O–H groups in total. The lowest BCUT2D eigenvalue weighted by atomic mass is 9.96. The molecule has 2 heterocycles. The largest absolute Gasteiger partial charge is 0.351 e. The van der Waals surface area contributed by atoms with Gasteiger partial charge in [0.25, 0.3) is 5.91 Å². The van der Waals surface area contributed by atoms with Crippen LogP contribution in [0.15, 0.2) is 36.5 Å². The number of aromatic nitrogens is 2. The average Bonchev–Trinajstić information content (AvgIpc) is 3.06. The summed E-state index contributed by atoms with van der Waals surface area (Å²) in [4.78, 5) is 23.4. The predicted molar refractivity (Wildman–Crippen MR) is 94.4 cm³/mol. The van der Waals surface area contributed by atoms with Crippen molar-refractivity contribution in [3.63, 3.8) is 0 Å². The maximum Gasteiger partial charge on any atom is 0.277 e. The monoisotopic (exact) mass is 322 g/mol. The van der Waals surface area contributed by atoms with Crippen LogP contribution in [0.5, 0.6) is 0 Å². The van der Waals surface area contributed by atoms with Crippen LogP contribution < -0.4 is 10.2 Å². The zero-order valence-corrected chi connectivity index (χ0v) is 13.7. The van der Waals surface area contributed by atoms with Crippen molar-refractivity contribution in [1.82, 2.24) is 9.97 Å². The fourth-order valence-corrected chi connectivity index (χ4v) is 3.66. The Kier molecular flexibility index (Phi) is 4.15. The molecule has 1 saturated carbocycles. The Balaban J connectivity index is 1.52. The van der Waals surface area contributed by atoms with Gasteiger partial charge in [-0.1, -0.05) is 37.5 Å². The van der Waals surface area contributed by atoms with E-state index in [1.54, 1.807) is 12.3 Å². The summed E-state index contributed by atoms with van der Waals surface area (Å²) in [5.74, 6) is 0.522. The molecule has 5 heteroatoms. The van der Waals surface area contributed by atoms with Crippen molar-refractivity contribution in [3.05, 3.63) is 47.8 Å². The molecule has 1 aromatic carbocycles. The highest BCUT2D eigenvalue weighted by molar-refractivity contribution is 6.06. The number of fused-ring (bicyclic) bond motifs is 1. The number of carbonyl (C=O) groups excluding carboxylic acids is 1. The van der Waals surface area contributed by atoms with Crippen molar-refractivity contribution in [2.45, 2.75) is 44.6 Å². The third kappa shape index (κ3) is 2.98. The highest BCUT2D eigenvalue weighted by Crippen LogP contribution is 2.28. The first-order valence-electron chi connectivity index (χ1n) is 8.80. The molecule has 2 aromatic rings. The van der Waals surface area contributed by atoms with Crippen LogP contribution in [0.25, 0.3) is 0 Å². The second-order valence-corrected chi connectivity index (χ2v) is 6.58. The van der Waals surface area contributed by atoms with Crippen LogP contribution in [0.2, 0.25) is 0 Å². The highest BCUT2D eigenvalue weighted by atomic mass is 16.2. The maximum atomic E-state index is 12.9. The fraction of sp³-hybridized carbons (Fsp3) is 0.421.